The molecule has 2 aliphatic heterocycles. The summed E-state index contributed by atoms with van der Waals surface area (Å²) in [5, 5.41) is 20.2. The SMILES string of the molecule is CC1CN(C(C(=O)O)c2cccc(C(=N)C(F)F)c2N)C1.CCCCCCc1ccc2c(n1)NCCC2. The van der Waals surface area contributed by atoms with Gasteiger partial charge in [-0.1, -0.05) is 57.4 Å². The third kappa shape index (κ3) is 7.47. The molecule has 37 heavy (non-hydrogen) atoms. The number of unbranched alkanes of at least 4 members (excludes halogenated alkanes) is 3. The fraction of sp³-hybridized carbons (Fsp3) is 0.536. The first kappa shape index (κ1) is 28.5. The summed E-state index contributed by atoms with van der Waals surface area (Å²) in [7, 11) is 0. The van der Waals surface area contributed by atoms with E-state index in [1.165, 1.54) is 68.0 Å². The van der Waals surface area contributed by atoms with Gasteiger partial charge in [0, 0.05) is 42.1 Å². The average molecular weight is 516 g/mol. The molecule has 0 amide bonds. The molecule has 2 aromatic rings. The van der Waals surface area contributed by atoms with Gasteiger partial charge in [-0.15, -0.1) is 0 Å². The number of aliphatic carboxylic acids is 1. The highest BCUT2D eigenvalue weighted by Gasteiger charge is 2.36. The molecule has 1 saturated heterocycles. The maximum atomic E-state index is 12.7. The summed E-state index contributed by atoms with van der Waals surface area (Å²) in [6.07, 6.45) is 5.88. The van der Waals surface area contributed by atoms with Gasteiger partial charge in [0.2, 0.25) is 0 Å². The van der Waals surface area contributed by atoms with Crippen molar-refractivity contribution in [2.24, 2.45) is 5.92 Å². The third-order valence-corrected chi connectivity index (χ3v) is 6.87. The van der Waals surface area contributed by atoms with E-state index in [0.717, 1.165) is 18.8 Å². The summed E-state index contributed by atoms with van der Waals surface area (Å²) in [4.78, 5) is 17.9. The van der Waals surface area contributed by atoms with Gasteiger partial charge in [0.25, 0.3) is 6.43 Å². The number of carbonyl (C=O) groups is 1. The van der Waals surface area contributed by atoms with Gasteiger partial charge in [-0.3, -0.25) is 15.1 Å². The van der Waals surface area contributed by atoms with Crippen molar-refractivity contribution in [1.82, 2.24) is 9.88 Å². The van der Waals surface area contributed by atoms with Crippen molar-refractivity contribution in [2.45, 2.75) is 71.3 Å². The quantitative estimate of drug-likeness (QED) is 0.188. The molecular weight excluding hydrogens is 476 g/mol. The monoisotopic (exact) mass is 515 g/mol. The summed E-state index contributed by atoms with van der Waals surface area (Å²) in [6.45, 7) is 6.57. The predicted molar refractivity (Wildman–Crippen MR) is 144 cm³/mol. The Morgan fingerprint density at radius 1 is 1.24 bits per heavy atom. The van der Waals surface area contributed by atoms with E-state index in [9.17, 15) is 18.7 Å². The zero-order chi connectivity index (χ0) is 26.9. The van der Waals surface area contributed by atoms with E-state index in [2.05, 4.69) is 24.4 Å². The number of nitrogens with one attached hydrogen (secondary N) is 2. The number of hydrogen-bond donors (Lipinski definition) is 4. The Morgan fingerprint density at radius 2 is 2.00 bits per heavy atom. The van der Waals surface area contributed by atoms with Crippen molar-refractivity contribution in [1.29, 1.82) is 5.41 Å². The summed E-state index contributed by atoms with van der Waals surface area (Å²) >= 11 is 0. The van der Waals surface area contributed by atoms with Crippen LogP contribution in [0.1, 0.15) is 74.4 Å². The Bertz CT molecular complexity index is 1070. The number of halogens is 2. The van der Waals surface area contributed by atoms with Crippen molar-refractivity contribution in [3.05, 3.63) is 52.7 Å². The van der Waals surface area contributed by atoms with Gasteiger partial charge in [0.15, 0.2) is 0 Å². The number of benzene rings is 1. The number of alkyl halides is 2. The molecule has 0 aliphatic carbocycles. The number of fused-ring (bicyclic) bond motifs is 1. The topological polar surface area (TPSA) is 115 Å². The second-order valence-electron chi connectivity index (χ2n) is 9.97. The van der Waals surface area contributed by atoms with E-state index in [-0.39, 0.29) is 16.8 Å². The maximum absolute atomic E-state index is 12.7. The number of aromatic nitrogens is 1. The number of carboxylic acids is 1. The Morgan fingerprint density at radius 3 is 2.65 bits per heavy atom. The minimum absolute atomic E-state index is 0.0604. The van der Waals surface area contributed by atoms with Crippen LogP contribution >= 0.6 is 0 Å². The number of carboxylic acid groups (broad SMARTS) is 1. The number of nitrogens with two attached hydrogens (primary N) is 1. The molecule has 7 nitrogen and oxygen atoms in total. The van der Waals surface area contributed by atoms with Crippen molar-refractivity contribution < 1.29 is 18.7 Å². The summed E-state index contributed by atoms with van der Waals surface area (Å²) in [5.41, 5.74) is 7.69. The Balaban J connectivity index is 0.000000213. The highest BCUT2D eigenvalue weighted by Crippen LogP contribution is 2.34. The summed E-state index contributed by atoms with van der Waals surface area (Å²) < 4.78 is 25.3. The number of aryl methyl sites for hydroxylation is 2. The standard InChI is InChI=1S/C14H17F2N3O2.C14H22N2/c1-7-5-19(6-7)12(14(20)21)9-4-2-3-8(10(9)17)11(18)13(15)16;1-2-3-4-5-8-13-10-9-12-7-6-11-15-14(12)16-13/h2-4,7,12-13,18H,5-6,17H2,1H3,(H,20,21);9-10H,2-8,11H2,1H3,(H,15,16). The number of anilines is 2. The predicted octanol–water partition coefficient (Wildman–Crippen LogP) is 5.54. The molecule has 1 atom stereocenters. The fourth-order valence-corrected chi connectivity index (χ4v) is 4.86. The molecule has 1 fully saturated rings. The number of nitrogens with zero attached hydrogens (tertiary/aromatic N) is 2. The molecule has 0 saturated carbocycles. The lowest BCUT2D eigenvalue weighted by Crippen LogP contribution is -2.49. The zero-order valence-corrected chi connectivity index (χ0v) is 21.8. The Kier molecular flexibility index (Phi) is 10.4. The molecule has 9 heteroatoms. The fourth-order valence-electron chi connectivity index (χ4n) is 4.86. The van der Waals surface area contributed by atoms with E-state index < -0.39 is 24.1 Å². The highest BCUT2D eigenvalue weighted by molar-refractivity contribution is 6.05. The van der Waals surface area contributed by atoms with Crippen molar-refractivity contribution in [2.75, 3.05) is 30.7 Å². The van der Waals surface area contributed by atoms with Crippen LogP contribution in [0.2, 0.25) is 0 Å². The normalized spacial score (nSPS) is 16.1. The number of para-hydroxylation sites is 1. The first-order chi connectivity index (χ1) is 17.7. The molecular formula is C28H39F2N5O2. The number of nitrogen functional groups attached to an aromatic ring is 1. The molecule has 1 aromatic heterocycles. The van der Waals surface area contributed by atoms with Crippen molar-refractivity contribution >= 4 is 23.2 Å². The first-order valence-corrected chi connectivity index (χ1v) is 13.2. The van der Waals surface area contributed by atoms with Crippen LogP contribution in [-0.2, 0) is 17.6 Å². The van der Waals surface area contributed by atoms with Crippen LogP contribution in [-0.4, -0.2) is 52.7 Å². The van der Waals surface area contributed by atoms with Crippen LogP contribution in [0.5, 0.6) is 0 Å². The Hall–Kier alpha value is -3.07. The number of pyridine rings is 1. The Labute approximate surface area is 218 Å². The summed E-state index contributed by atoms with van der Waals surface area (Å²) in [5.74, 6) is 0.462. The van der Waals surface area contributed by atoms with Crippen molar-refractivity contribution in [3.63, 3.8) is 0 Å². The second-order valence-corrected chi connectivity index (χ2v) is 9.97. The lowest BCUT2D eigenvalue weighted by Gasteiger charge is -2.41. The van der Waals surface area contributed by atoms with Gasteiger partial charge in [-0.05, 0) is 43.2 Å². The van der Waals surface area contributed by atoms with Crippen LogP contribution in [0, 0.1) is 11.3 Å². The van der Waals surface area contributed by atoms with Crippen LogP contribution < -0.4 is 11.1 Å². The van der Waals surface area contributed by atoms with Gasteiger partial charge in [0.1, 0.15) is 17.6 Å². The minimum Gasteiger partial charge on any atom is -0.480 e. The molecule has 202 valence electrons. The smallest absolute Gasteiger partial charge is 0.325 e. The molecule has 0 spiro atoms. The van der Waals surface area contributed by atoms with E-state index in [0.29, 0.717) is 19.0 Å². The summed E-state index contributed by atoms with van der Waals surface area (Å²) in [6, 6.07) is 7.77. The molecule has 5 N–H and O–H groups in total. The van der Waals surface area contributed by atoms with Crippen LogP contribution in [0.3, 0.4) is 0 Å². The van der Waals surface area contributed by atoms with E-state index in [1.807, 2.05) is 6.92 Å². The molecule has 2 aliphatic rings. The van der Waals surface area contributed by atoms with Crippen molar-refractivity contribution in [3.8, 4) is 0 Å². The minimum atomic E-state index is -2.95. The molecule has 3 heterocycles. The third-order valence-electron chi connectivity index (χ3n) is 6.87. The number of likely N-dealkylation sites (tertiary alicyclic amines) is 1. The van der Waals surface area contributed by atoms with Gasteiger partial charge in [0.05, 0.1) is 0 Å². The zero-order valence-electron chi connectivity index (χ0n) is 21.8. The van der Waals surface area contributed by atoms with Gasteiger partial charge in [-0.2, -0.15) is 0 Å². The lowest BCUT2D eigenvalue weighted by atomic mass is 9.93. The second kappa shape index (κ2) is 13.5. The molecule has 4 rings (SSSR count). The number of rotatable bonds is 10. The number of hydrogen-bond acceptors (Lipinski definition) is 6. The van der Waals surface area contributed by atoms with E-state index in [4.69, 9.17) is 16.1 Å². The van der Waals surface area contributed by atoms with Crippen LogP contribution in [0.4, 0.5) is 20.3 Å². The van der Waals surface area contributed by atoms with E-state index >= 15 is 0 Å². The van der Waals surface area contributed by atoms with Crippen LogP contribution in [0.25, 0.3) is 0 Å². The molecule has 0 radical (unpaired) electrons. The molecule has 1 unspecified atom stereocenters. The lowest BCUT2D eigenvalue weighted by molar-refractivity contribution is -0.146. The highest BCUT2D eigenvalue weighted by atomic mass is 19.3. The average Bonchev–Trinajstić information content (AvgIpc) is 2.86. The van der Waals surface area contributed by atoms with Gasteiger partial charge >= 0.3 is 5.97 Å². The molecule has 0 bridgehead atoms. The van der Waals surface area contributed by atoms with E-state index in [1.54, 1.807) is 4.90 Å². The largest absolute Gasteiger partial charge is 0.480 e. The van der Waals surface area contributed by atoms with Gasteiger partial charge < -0.3 is 16.2 Å². The van der Waals surface area contributed by atoms with Crippen LogP contribution in [0.15, 0.2) is 30.3 Å². The van der Waals surface area contributed by atoms with Gasteiger partial charge in [-0.25, -0.2) is 13.8 Å². The maximum Gasteiger partial charge on any atom is 0.325 e. The molecule has 1 aromatic carbocycles. The first-order valence-electron chi connectivity index (χ1n) is 13.2.